The van der Waals surface area contributed by atoms with Gasteiger partial charge in [0.1, 0.15) is 40.4 Å². The first-order valence-electron chi connectivity index (χ1n) is 11.5. The van der Waals surface area contributed by atoms with E-state index < -0.39 is 34.8 Å². The SMILES string of the molecule is CC(C)(C)OC(=O)C1=C[C@H](Oc2cccc(Oc3ccc(F)cc3)c2)C[C@@]1(NO)C(=O)OC(C)(C)C. The van der Waals surface area contributed by atoms with E-state index in [9.17, 15) is 19.2 Å². The van der Waals surface area contributed by atoms with Crippen molar-refractivity contribution in [2.45, 2.75) is 70.8 Å². The van der Waals surface area contributed by atoms with E-state index in [-0.39, 0.29) is 17.8 Å². The van der Waals surface area contributed by atoms with Crippen molar-refractivity contribution in [1.82, 2.24) is 5.48 Å². The Morgan fingerprint density at radius 2 is 1.56 bits per heavy atom. The molecule has 0 heterocycles. The van der Waals surface area contributed by atoms with Crippen LogP contribution in [0.1, 0.15) is 48.0 Å². The summed E-state index contributed by atoms with van der Waals surface area (Å²) in [7, 11) is 0. The van der Waals surface area contributed by atoms with Crippen molar-refractivity contribution < 1.29 is 38.1 Å². The first-order chi connectivity index (χ1) is 16.7. The molecule has 36 heavy (non-hydrogen) atoms. The van der Waals surface area contributed by atoms with Gasteiger partial charge in [-0.25, -0.2) is 14.0 Å². The molecule has 1 aliphatic carbocycles. The Hall–Kier alpha value is -3.43. The number of carbonyl (C=O) groups is 2. The van der Waals surface area contributed by atoms with E-state index in [4.69, 9.17) is 18.9 Å². The van der Waals surface area contributed by atoms with Crippen LogP contribution in [0.15, 0.2) is 60.2 Å². The average molecular weight is 502 g/mol. The number of carbonyl (C=O) groups excluding carboxylic acids is 2. The summed E-state index contributed by atoms with van der Waals surface area (Å²) < 4.78 is 35.9. The molecule has 0 spiro atoms. The number of nitrogens with one attached hydrogen (secondary N) is 1. The van der Waals surface area contributed by atoms with Crippen LogP contribution in [0, 0.1) is 5.82 Å². The lowest BCUT2D eigenvalue weighted by Crippen LogP contribution is -2.56. The van der Waals surface area contributed by atoms with E-state index in [1.807, 2.05) is 5.48 Å². The van der Waals surface area contributed by atoms with Crippen LogP contribution in [-0.4, -0.2) is 40.0 Å². The predicted molar refractivity (Wildman–Crippen MR) is 129 cm³/mol. The number of esters is 2. The molecule has 8 nitrogen and oxygen atoms in total. The second kappa shape index (κ2) is 10.3. The Labute approximate surface area is 210 Å². The molecule has 0 amide bonds. The van der Waals surface area contributed by atoms with Gasteiger partial charge in [0.2, 0.25) is 0 Å². The van der Waals surface area contributed by atoms with E-state index in [0.717, 1.165) is 0 Å². The molecule has 0 aromatic heterocycles. The van der Waals surface area contributed by atoms with Gasteiger partial charge in [-0.05, 0) is 84.0 Å². The molecule has 0 fully saturated rings. The second-order valence-electron chi connectivity index (χ2n) is 10.5. The van der Waals surface area contributed by atoms with Crippen molar-refractivity contribution in [2.75, 3.05) is 0 Å². The van der Waals surface area contributed by atoms with Gasteiger partial charge in [0.05, 0.1) is 5.57 Å². The molecule has 0 saturated heterocycles. The number of ether oxygens (including phenoxy) is 4. The summed E-state index contributed by atoms with van der Waals surface area (Å²) in [5.41, 5.74) is -1.70. The third kappa shape index (κ3) is 6.83. The van der Waals surface area contributed by atoms with Crippen molar-refractivity contribution in [3.8, 4) is 17.2 Å². The van der Waals surface area contributed by atoms with E-state index >= 15 is 0 Å². The van der Waals surface area contributed by atoms with Gasteiger partial charge >= 0.3 is 11.9 Å². The Balaban J connectivity index is 1.87. The lowest BCUT2D eigenvalue weighted by molar-refractivity contribution is -0.170. The van der Waals surface area contributed by atoms with E-state index in [2.05, 4.69) is 0 Å². The van der Waals surface area contributed by atoms with Gasteiger partial charge in [-0.15, -0.1) is 0 Å². The fraction of sp³-hybridized carbons (Fsp3) is 0.407. The zero-order valence-corrected chi connectivity index (χ0v) is 21.3. The summed E-state index contributed by atoms with van der Waals surface area (Å²) in [6.45, 7) is 10.1. The Morgan fingerprint density at radius 1 is 0.944 bits per heavy atom. The fourth-order valence-electron chi connectivity index (χ4n) is 3.58. The Kier molecular flexibility index (Phi) is 7.76. The molecule has 9 heteroatoms. The molecule has 3 rings (SSSR count). The van der Waals surface area contributed by atoms with Gasteiger partial charge in [0.15, 0.2) is 5.54 Å². The molecular weight excluding hydrogens is 469 g/mol. The average Bonchev–Trinajstić information content (AvgIpc) is 3.13. The van der Waals surface area contributed by atoms with E-state index in [0.29, 0.717) is 17.2 Å². The standard InChI is InChI=1S/C27H32FNO7/c1-25(2,3)35-23(30)22-15-21(16-27(22,29-32)24(31)36-26(4,5)6)34-20-9-7-8-19(14-20)33-18-12-10-17(28)11-13-18/h7-15,21,29,32H,16H2,1-6H3/t21-,27-/m0/s1. The monoisotopic (exact) mass is 501 g/mol. The molecule has 0 radical (unpaired) electrons. The lowest BCUT2D eigenvalue weighted by atomic mass is 9.91. The number of benzene rings is 2. The van der Waals surface area contributed by atoms with Gasteiger partial charge in [0.25, 0.3) is 0 Å². The summed E-state index contributed by atoms with van der Waals surface area (Å²) in [5.74, 6) is -0.734. The third-order valence-corrected chi connectivity index (χ3v) is 5.02. The number of hydrogen-bond acceptors (Lipinski definition) is 8. The molecule has 2 atom stereocenters. The summed E-state index contributed by atoms with van der Waals surface area (Å²) >= 11 is 0. The fourth-order valence-corrected chi connectivity index (χ4v) is 3.58. The minimum atomic E-state index is -1.89. The first kappa shape index (κ1) is 27.2. The van der Waals surface area contributed by atoms with Crippen LogP contribution in [0.3, 0.4) is 0 Å². The predicted octanol–water partition coefficient (Wildman–Crippen LogP) is 5.10. The molecule has 194 valence electrons. The van der Waals surface area contributed by atoms with E-state index in [1.165, 1.54) is 30.3 Å². The number of halogens is 1. The van der Waals surface area contributed by atoms with E-state index in [1.54, 1.807) is 65.8 Å². The van der Waals surface area contributed by atoms with Crippen LogP contribution < -0.4 is 15.0 Å². The lowest BCUT2D eigenvalue weighted by Gasteiger charge is -2.32. The quantitative estimate of drug-likeness (QED) is 0.399. The molecule has 2 N–H and O–H groups in total. The summed E-state index contributed by atoms with van der Waals surface area (Å²) in [4.78, 5) is 26.2. The Bertz CT molecular complexity index is 1130. The molecule has 0 unspecified atom stereocenters. The maximum absolute atomic E-state index is 13.2. The van der Waals surface area contributed by atoms with Crippen molar-refractivity contribution in [3.63, 3.8) is 0 Å². The summed E-state index contributed by atoms with van der Waals surface area (Å²) in [6, 6.07) is 12.3. The third-order valence-electron chi connectivity index (χ3n) is 5.02. The molecular formula is C27H32FNO7. The van der Waals surface area contributed by atoms with Gasteiger partial charge in [-0.3, -0.25) is 0 Å². The van der Waals surface area contributed by atoms with Crippen LogP contribution in [0.4, 0.5) is 4.39 Å². The molecule has 0 bridgehead atoms. The van der Waals surface area contributed by atoms with Gasteiger partial charge < -0.3 is 24.2 Å². The van der Waals surface area contributed by atoms with Crippen LogP contribution in [0.2, 0.25) is 0 Å². The van der Waals surface area contributed by atoms with Crippen molar-refractivity contribution >= 4 is 11.9 Å². The molecule has 0 saturated carbocycles. The number of rotatable bonds is 7. The van der Waals surface area contributed by atoms with Crippen molar-refractivity contribution in [1.29, 1.82) is 0 Å². The van der Waals surface area contributed by atoms with Crippen molar-refractivity contribution in [3.05, 3.63) is 66.0 Å². The van der Waals surface area contributed by atoms with Crippen LogP contribution in [0.5, 0.6) is 17.2 Å². The Morgan fingerprint density at radius 3 is 2.14 bits per heavy atom. The van der Waals surface area contributed by atoms with Crippen LogP contribution in [0.25, 0.3) is 0 Å². The van der Waals surface area contributed by atoms with Crippen LogP contribution >= 0.6 is 0 Å². The normalized spacial score (nSPS) is 19.9. The summed E-state index contributed by atoms with van der Waals surface area (Å²) in [6.07, 6.45) is 0.519. The minimum absolute atomic E-state index is 0.113. The highest BCUT2D eigenvalue weighted by Gasteiger charge is 2.54. The van der Waals surface area contributed by atoms with Crippen LogP contribution in [-0.2, 0) is 19.1 Å². The van der Waals surface area contributed by atoms with Crippen molar-refractivity contribution in [2.24, 2.45) is 0 Å². The molecule has 2 aromatic carbocycles. The number of hydrogen-bond donors (Lipinski definition) is 2. The summed E-state index contributed by atoms with van der Waals surface area (Å²) in [5, 5.41) is 10.1. The van der Waals surface area contributed by atoms with Gasteiger partial charge in [0, 0.05) is 12.5 Å². The molecule has 0 aliphatic heterocycles. The first-order valence-corrected chi connectivity index (χ1v) is 11.5. The topological polar surface area (TPSA) is 103 Å². The molecule has 2 aromatic rings. The largest absolute Gasteiger partial charge is 0.486 e. The molecule has 1 aliphatic rings. The second-order valence-corrected chi connectivity index (χ2v) is 10.5. The number of hydroxylamine groups is 1. The maximum Gasteiger partial charge on any atom is 0.336 e. The zero-order chi connectivity index (χ0) is 26.7. The smallest absolute Gasteiger partial charge is 0.336 e. The van der Waals surface area contributed by atoms with Gasteiger partial charge in [-0.2, -0.15) is 5.48 Å². The zero-order valence-electron chi connectivity index (χ0n) is 21.3. The maximum atomic E-state index is 13.2. The highest BCUT2D eigenvalue weighted by atomic mass is 19.1. The van der Waals surface area contributed by atoms with Gasteiger partial charge in [-0.1, -0.05) is 6.07 Å². The minimum Gasteiger partial charge on any atom is -0.486 e. The highest BCUT2D eigenvalue weighted by molar-refractivity contribution is 6.02. The highest BCUT2D eigenvalue weighted by Crippen LogP contribution is 2.37.